The Hall–Kier alpha value is -0.510. The fourth-order valence-corrected chi connectivity index (χ4v) is 5.03. The van der Waals surface area contributed by atoms with Crippen molar-refractivity contribution in [2.45, 2.75) is 56.0 Å². The topological polar surface area (TPSA) is 15.3 Å². The first-order chi connectivity index (χ1) is 10.3. The quantitative estimate of drug-likeness (QED) is 0.917. The van der Waals surface area contributed by atoms with Gasteiger partial charge in [-0.05, 0) is 31.6 Å². The summed E-state index contributed by atoms with van der Waals surface area (Å²) in [6.45, 7) is 4.59. The van der Waals surface area contributed by atoms with Crippen LogP contribution in [0.4, 0.5) is 0 Å². The van der Waals surface area contributed by atoms with Crippen LogP contribution in [0, 0.1) is 0 Å². The maximum absolute atomic E-state index is 3.68. The summed E-state index contributed by atoms with van der Waals surface area (Å²) in [5, 5.41) is 4.50. The van der Waals surface area contributed by atoms with Crippen LogP contribution < -0.4 is 5.32 Å². The molecule has 4 atom stereocenters. The van der Waals surface area contributed by atoms with Crippen LogP contribution in [-0.4, -0.2) is 41.6 Å². The molecule has 3 heteroatoms. The molecule has 116 valence electrons. The molecule has 4 unspecified atom stereocenters. The maximum Gasteiger partial charge on any atom is 0.0476 e. The van der Waals surface area contributed by atoms with Gasteiger partial charge in [0.2, 0.25) is 0 Å². The minimum Gasteiger partial charge on any atom is -0.311 e. The molecule has 1 saturated heterocycles. The molecule has 21 heavy (non-hydrogen) atoms. The Bertz CT molecular complexity index is 436. The number of benzene rings is 1. The minimum absolute atomic E-state index is 0.542. The third-order valence-electron chi connectivity index (χ3n) is 5.13. The highest BCUT2D eigenvalue weighted by molar-refractivity contribution is 7.99. The summed E-state index contributed by atoms with van der Waals surface area (Å²) in [6.07, 6.45) is 7.89. The van der Waals surface area contributed by atoms with Crippen molar-refractivity contribution in [1.29, 1.82) is 0 Å². The van der Waals surface area contributed by atoms with Gasteiger partial charge in [0, 0.05) is 36.5 Å². The van der Waals surface area contributed by atoms with Crippen LogP contribution in [0.2, 0.25) is 0 Å². The van der Waals surface area contributed by atoms with Crippen molar-refractivity contribution in [3.63, 3.8) is 0 Å². The lowest BCUT2D eigenvalue weighted by atomic mass is 9.90. The molecule has 1 aliphatic heterocycles. The van der Waals surface area contributed by atoms with E-state index in [1.165, 1.54) is 37.8 Å². The van der Waals surface area contributed by atoms with Crippen LogP contribution in [0.15, 0.2) is 30.3 Å². The Balaban J connectivity index is 1.84. The zero-order valence-electron chi connectivity index (χ0n) is 13.3. The molecule has 1 aromatic carbocycles. The molecule has 2 nitrogen and oxygen atoms in total. The van der Waals surface area contributed by atoms with Crippen molar-refractivity contribution in [3.8, 4) is 0 Å². The SMILES string of the molecule is CSC1CCCCC1N1CC(C)NCC1c1ccccc1. The van der Waals surface area contributed by atoms with Crippen LogP contribution in [0.25, 0.3) is 0 Å². The number of piperazine rings is 1. The number of thioether (sulfide) groups is 1. The first kappa shape index (κ1) is 15.4. The maximum atomic E-state index is 3.68. The Morgan fingerprint density at radius 2 is 1.90 bits per heavy atom. The van der Waals surface area contributed by atoms with Gasteiger partial charge in [-0.1, -0.05) is 43.2 Å². The third-order valence-corrected chi connectivity index (χ3v) is 6.28. The Labute approximate surface area is 133 Å². The normalized spacial score (nSPS) is 34.8. The van der Waals surface area contributed by atoms with Gasteiger partial charge in [-0.25, -0.2) is 0 Å². The highest BCUT2D eigenvalue weighted by Crippen LogP contribution is 2.36. The van der Waals surface area contributed by atoms with Crippen molar-refractivity contribution in [2.24, 2.45) is 0 Å². The van der Waals surface area contributed by atoms with E-state index in [9.17, 15) is 0 Å². The van der Waals surface area contributed by atoms with Gasteiger partial charge in [0.1, 0.15) is 0 Å². The number of nitrogens with zero attached hydrogens (tertiary/aromatic N) is 1. The van der Waals surface area contributed by atoms with Crippen LogP contribution in [0.5, 0.6) is 0 Å². The summed E-state index contributed by atoms with van der Waals surface area (Å²) in [5.74, 6) is 0. The molecular weight excluding hydrogens is 276 g/mol. The second-order valence-electron chi connectivity index (χ2n) is 6.56. The number of rotatable bonds is 3. The molecule has 2 fully saturated rings. The zero-order chi connectivity index (χ0) is 14.7. The van der Waals surface area contributed by atoms with Crippen molar-refractivity contribution in [1.82, 2.24) is 10.2 Å². The van der Waals surface area contributed by atoms with Gasteiger partial charge >= 0.3 is 0 Å². The summed E-state index contributed by atoms with van der Waals surface area (Å²) >= 11 is 2.08. The van der Waals surface area contributed by atoms with E-state index in [2.05, 4.69) is 65.5 Å². The standard InChI is InChI=1S/C18H28N2S/c1-14-13-20(16-10-6-7-11-18(16)21-2)17(12-19-14)15-8-4-3-5-9-15/h3-5,8-9,14,16-19H,6-7,10-13H2,1-2H3. The fraction of sp³-hybridized carbons (Fsp3) is 0.667. The van der Waals surface area contributed by atoms with E-state index in [1.807, 2.05) is 0 Å². The Morgan fingerprint density at radius 3 is 2.67 bits per heavy atom. The predicted molar refractivity (Wildman–Crippen MR) is 92.9 cm³/mol. The molecule has 1 aliphatic carbocycles. The van der Waals surface area contributed by atoms with Gasteiger partial charge in [-0.3, -0.25) is 4.90 Å². The van der Waals surface area contributed by atoms with Crippen molar-refractivity contribution in [3.05, 3.63) is 35.9 Å². The third kappa shape index (κ3) is 3.46. The molecule has 2 aliphatic rings. The van der Waals surface area contributed by atoms with Gasteiger partial charge in [-0.2, -0.15) is 11.8 Å². The zero-order valence-corrected chi connectivity index (χ0v) is 14.1. The Kier molecular flexibility index (Phi) is 5.25. The highest BCUT2D eigenvalue weighted by atomic mass is 32.2. The summed E-state index contributed by atoms with van der Waals surface area (Å²) in [6, 6.07) is 13.0. The summed E-state index contributed by atoms with van der Waals surface area (Å²) < 4.78 is 0. The first-order valence-electron chi connectivity index (χ1n) is 8.36. The first-order valence-corrected chi connectivity index (χ1v) is 9.65. The number of hydrogen-bond donors (Lipinski definition) is 1. The number of nitrogens with one attached hydrogen (secondary N) is 1. The lowest BCUT2D eigenvalue weighted by Crippen LogP contribution is -2.57. The van der Waals surface area contributed by atoms with Crippen LogP contribution in [-0.2, 0) is 0 Å². The van der Waals surface area contributed by atoms with E-state index < -0.39 is 0 Å². The average molecular weight is 305 g/mol. The molecule has 3 rings (SSSR count). The molecule has 1 heterocycles. The second kappa shape index (κ2) is 7.17. The van der Waals surface area contributed by atoms with Gasteiger partial charge in [-0.15, -0.1) is 0 Å². The molecule has 0 bridgehead atoms. The van der Waals surface area contributed by atoms with Crippen molar-refractivity contribution >= 4 is 11.8 Å². The van der Waals surface area contributed by atoms with Gasteiger partial charge in [0.05, 0.1) is 0 Å². The average Bonchev–Trinajstić information content (AvgIpc) is 2.55. The molecule has 0 radical (unpaired) electrons. The Morgan fingerprint density at radius 1 is 1.14 bits per heavy atom. The molecule has 1 aromatic rings. The molecular formula is C18H28N2S. The van der Waals surface area contributed by atoms with Gasteiger partial charge in [0.25, 0.3) is 0 Å². The smallest absolute Gasteiger partial charge is 0.0476 e. The predicted octanol–water partition coefficient (Wildman–Crippen LogP) is 3.70. The van der Waals surface area contributed by atoms with Crippen molar-refractivity contribution < 1.29 is 0 Å². The molecule has 0 spiro atoms. The van der Waals surface area contributed by atoms with E-state index in [0.717, 1.165) is 17.8 Å². The fourth-order valence-electron chi connectivity index (χ4n) is 4.02. The highest BCUT2D eigenvalue weighted by Gasteiger charge is 2.37. The van der Waals surface area contributed by atoms with Gasteiger partial charge < -0.3 is 5.32 Å². The van der Waals surface area contributed by atoms with Crippen LogP contribution >= 0.6 is 11.8 Å². The van der Waals surface area contributed by atoms with Crippen molar-refractivity contribution in [2.75, 3.05) is 19.3 Å². The molecule has 1 N–H and O–H groups in total. The summed E-state index contributed by atoms with van der Waals surface area (Å²) in [5.41, 5.74) is 1.47. The van der Waals surface area contributed by atoms with E-state index in [-0.39, 0.29) is 0 Å². The van der Waals surface area contributed by atoms with Crippen LogP contribution in [0.3, 0.4) is 0 Å². The van der Waals surface area contributed by atoms with E-state index >= 15 is 0 Å². The molecule has 0 aromatic heterocycles. The summed E-state index contributed by atoms with van der Waals surface area (Å²) in [7, 11) is 0. The summed E-state index contributed by atoms with van der Waals surface area (Å²) in [4.78, 5) is 2.82. The largest absolute Gasteiger partial charge is 0.311 e. The number of hydrogen-bond acceptors (Lipinski definition) is 3. The second-order valence-corrected chi connectivity index (χ2v) is 7.64. The van der Waals surface area contributed by atoms with E-state index in [4.69, 9.17) is 0 Å². The lowest BCUT2D eigenvalue weighted by Gasteiger charge is -2.48. The van der Waals surface area contributed by atoms with Gasteiger partial charge in [0.15, 0.2) is 0 Å². The molecule has 1 saturated carbocycles. The van der Waals surface area contributed by atoms with E-state index in [0.29, 0.717) is 12.1 Å². The van der Waals surface area contributed by atoms with E-state index in [1.54, 1.807) is 0 Å². The van der Waals surface area contributed by atoms with Crippen LogP contribution in [0.1, 0.15) is 44.2 Å². The lowest BCUT2D eigenvalue weighted by molar-refractivity contribution is 0.0681. The minimum atomic E-state index is 0.542. The monoisotopic (exact) mass is 304 g/mol. The molecule has 0 amide bonds.